The molecular weight excluding hydrogens is 500 g/mol. The van der Waals surface area contributed by atoms with Gasteiger partial charge in [0.05, 0.1) is 16.8 Å². The highest BCUT2D eigenvalue weighted by atomic mass is 19.4. The van der Waals surface area contributed by atoms with Crippen molar-refractivity contribution in [3.63, 3.8) is 0 Å². The number of carbonyl (C=O) groups excluding carboxylic acids is 1. The van der Waals surface area contributed by atoms with Crippen LogP contribution in [0.1, 0.15) is 32.7 Å². The van der Waals surface area contributed by atoms with Crippen molar-refractivity contribution in [3.8, 4) is 0 Å². The molecule has 0 aliphatic carbocycles. The van der Waals surface area contributed by atoms with Gasteiger partial charge >= 0.3 is 6.18 Å². The monoisotopic (exact) mass is 522 g/mol. The maximum Gasteiger partial charge on any atom is 0.416 e. The smallest absolute Gasteiger partial charge is 0.366 e. The highest BCUT2D eigenvalue weighted by Gasteiger charge is 2.31. The summed E-state index contributed by atoms with van der Waals surface area (Å²) in [5.41, 5.74) is 3.34. The van der Waals surface area contributed by atoms with Crippen LogP contribution >= 0.6 is 0 Å². The van der Waals surface area contributed by atoms with Gasteiger partial charge < -0.3 is 15.5 Å². The first-order valence-electron chi connectivity index (χ1n) is 11.7. The van der Waals surface area contributed by atoms with Crippen LogP contribution in [0.5, 0.6) is 0 Å². The van der Waals surface area contributed by atoms with Gasteiger partial charge in [-0.25, -0.2) is 14.4 Å². The number of rotatable bonds is 5. The summed E-state index contributed by atoms with van der Waals surface area (Å²) >= 11 is 0. The van der Waals surface area contributed by atoms with Gasteiger partial charge in [0.25, 0.3) is 5.91 Å². The summed E-state index contributed by atoms with van der Waals surface area (Å²) in [5, 5.41) is 5.75. The predicted octanol–water partition coefficient (Wildman–Crippen LogP) is 5.90. The lowest BCUT2D eigenvalue weighted by atomic mass is 10.0. The summed E-state index contributed by atoms with van der Waals surface area (Å²) in [4.78, 5) is 27.8. The number of amides is 1. The van der Waals surface area contributed by atoms with Gasteiger partial charge in [-0.2, -0.15) is 13.2 Å². The molecule has 1 aliphatic rings. The van der Waals surface area contributed by atoms with Gasteiger partial charge in [0.15, 0.2) is 0 Å². The summed E-state index contributed by atoms with van der Waals surface area (Å²) in [7, 11) is 0. The molecule has 38 heavy (non-hydrogen) atoms. The maximum absolute atomic E-state index is 14.3. The number of aryl methyl sites for hydroxylation is 1. The second-order valence-electron chi connectivity index (χ2n) is 8.85. The van der Waals surface area contributed by atoms with Crippen molar-refractivity contribution in [2.45, 2.75) is 26.1 Å². The molecule has 0 saturated heterocycles. The number of nitrogens with zero attached hydrogens (tertiary/aromatic N) is 4. The lowest BCUT2D eigenvalue weighted by Crippen LogP contribution is -2.32. The van der Waals surface area contributed by atoms with E-state index in [1.54, 1.807) is 30.7 Å². The number of aromatic nitrogens is 3. The number of halogens is 4. The normalized spacial score (nSPS) is 13.1. The van der Waals surface area contributed by atoms with E-state index >= 15 is 0 Å². The number of hydrogen-bond acceptors (Lipinski definition) is 6. The van der Waals surface area contributed by atoms with Crippen molar-refractivity contribution in [1.82, 2.24) is 15.0 Å². The van der Waals surface area contributed by atoms with Gasteiger partial charge in [-0.3, -0.25) is 9.78 Å². The van der Waals surface area contributed by atoms with Crippen LogP contribution in [-0.2, 0) is 19.1 Å². The van der Waals surface area contributed by atoms with E-state index in [0.717, 1.165) is 34.3 Å². The fraction of sp³-hybridized carbons (Fsp3) is 0.185. The molecular formula is C27H22F4N6O. The summed E-state index contributed by atoms with van der Waals surface area (Å²) < 4.78 is 52.7. The third-order valence-electron chi connectivity index (χ3n) is 6.22. The lowest BCUT2D eigenvalue weighted by molar-refractivity contribution is -0.137. The molecule has 3 heterocycles. The number of anilines is 4. The van der Waals surface area contributed by atoms with E-state index in [1.165, 1.54) is 0 Å². The molecule has 0 spiro atoms. The highest BCUT2D eigenvalue weighted by molar-refractivity contribution is 6.04. The Bertz CT molecular complexity index is 1490. The quantitative estimate of drug-likeness (QED) is 0.318. The second-order valence-corrected chi connectivity index (χ2v) is 8.85. The van der Waals surface area contributed by atoms with Crippen molar-refractivity contribution in [3.05, 3.63) is 101 Å². The topological polar surface area (TPSA) is 83.0 Å². The van der Waals surface area contributed by atoms with E-state index in [4.69, 9.17) is 0 Å². The van der Waals surface area contributed by atoms with Crippen molar-refractivity contribution in [2.75, 3.05) is 22.1 Å². The van der Waals surface area contributed by atoms with Crippen LogP contribution < -0.4 is 15.5 Å². The van der Waals surface area contributed by atoms with Gasteiger partial charge in [0.1, 0.15) is 5.82 Å². The zero-order valence-corrected chi connectivity index (χ0v) is 20.2. The van der Waals surface area contributed by atoms with Gasteiger partial charge in [0, 0.05) is 60.7 Å². The lowest BCUT2D eigenvalue weighted by Gasteiger charge is -2.31. The minimum absolute atomic E-state index is 0.320. The Balaban J connectivity index is 1.31. The molecule has 0 saturated carbocycles. The van der Waals surface area contributed by atoms with Crippen molar-refractivity contribution in [2.24, 2.45) is 0 Å². The molecule has 0 atom stereocenters. The standard InChI is InChI=1S/C27H22F4N6O/c1-16-2-4-20(34-25(38)21-5-3-18(12-22(21)28)27(29,30)31)13-24(16)37-11-8-23-17(15-37)14-33-26(36-23)35-19-6-9-32-10-7-19/h2-7,9-10,12-14H,8,11,15H2,1H3,(H,34,38)(H,32,33,35,36). The van der Waals surface area contributed by atoms with E-state index < -0.39 is 29.0 Å². The molecule has 2 N–H and O–H groups in total. The van der Waals surface area contributed by atoms with Gasteiger partial charge in [0.2, 0.25) is 5.95 Å². The van der Waals surface area contributed by atoms with E-state index in [-0.39, 0.29) is 0 Å². The van der Waals surface area contributed by atoms with Gasteiger partial charge in [-0.1, -0.05) is 6.07 Å². The van der Waals surface area contributed by atoms with E-state index in [1.807, 2.05) is 25.1 Å². The third-order valence-corrected chi connectivity index (χ3v) is 6.22. The van der Waals surface area contributed by atoms with E-state index in [9.17, 15) is 22.4 Å². The van der Waals surface area contributed by atoms with Crippen LogP contribution in [-0.4, -0.2) is 27.4 Å². The van der Waals surface area contributed by atoms with E-state index in [2.05, 4.69) is 30.5 Å². The summed E-state index contributed by atoms with van der Waals surface area (Å²) in [6.07, 6.45) is 1.12. The molecule has 5 rings (SSSR count). The molecule has 4 aromatic rings. The summed E-state index contributed by atoms with van der Waals surface area (Å²) in [6.45, 7) is 3.16. The average molecular weight is 523 g/mol. The molecule has 2 aromatic heterocycles. The van der Waals surface area contributed by atoms with E-state index in [0.29, 0.717) is 43.3 Å². The molecule has 1 amide bonds. The van der Waals surface area contributed by atoms with Gasteiger partial charge in [-0.15, -0.1) is 0 Å². The number of hydrogen-bond donors (Lipinski definition) is 2. The fourth-order valence-corrected chi connectivity index (χ4v) is 4.25. The Morgan fingerprint density at radius 3 is 2.55 bits per heavy atom. The Kier molecular flexibility index (Phi) is 6.66. The van der Waals surface area contributed by atoms with Crippen molar-refractivity contribution < 1.29 is 22.4 Å². The number of pyridine rings is 1. The van der Waals surface area contributed by atoms with Crippen molar-refractivity contribution in [1.29, 1.82) is 0 Å². The first kappa shape index (κ1) is 25.1. The Labute approximate surface area is 215 Å². The molecule has 194 valence electrons. The predicted molar refractivity (Wildman–Crippen MR) is 135 cm³/mol. The molecule has 2 aromatic carbocycles. The molecule has 0 unspecified atom stereocenters. The largest absolute Gasteiger partial charge is 0.416 e. The summed E-state index contributed by atoms with van der Waals surface area (Å²) in [5.74, 6) is -1.58. The number of benzene rings is 2. The summed E-state index contributed by atoms with van der Waals surface area (Å²) in [6, 6.07) is 10.7. The molecule has 0 bridgehead atoms. The average Bonchev–Trinajstić information content (AvgIpc) is 2.89. The minimum atomic E-state index is -4.70. The zero-order chi connectivity index (χ0) is 26.9. The number of alkyl halides is 3. The molecule has 1 aliphatic heterocycles. The van der Waals surface area contributed by atoms with Crippen LogP contribution in [0.4, 0.5) is 40.6 Å². The molecule has 0 fully saturated rings. The highest BCUT2D eigenvalue weighted by Crippen LogP contribution is 2.32. The van der Waals surface area contributed by atoms with Crippen molar-refractivity contribution >= 4 is 28.9 Å². The number of carbonyl (C=O) groups is 1. The minimum Gasteiger partial charge on any atom is -0.366 e. The molecule has 7 nitrogen and oxygen atoms in total. The first-order valence-corrected chi connectivity index (χ1v) is 11.7. The second kappa shape index (κ2) is 10.1. The number of nitrogens with one attached hydrogen (secondary N) is 2. The van der Waals surface area contributed by atoms with Crippen LogP contribution in [0, 0.1) is 12.7 Å². The zero-order valence-electron chi connectivity index (χ0n) is 20.2. The maximum atomic E-state index is 14.3. The fourth-order valence-electron chi connectivity index (χ4n) is 4.25. The number of fused-ring (bicyclic) bond motifs is 1. The molecule has 0 radical (unpaired) electrons. The van der Waals surface area contributed by atoms with Crippen LogP contribution in [0.25, 0.3) is 0 Å². The SMILES string of the molecule is Cc1ccc(NC(=O)c2ccc(C(F)(F)F)cc2F)cc1N1CCc2nc(Nc3ccncc3)ncc2C1. The first-order chi connectivity index (χ1) is 18.2. The van der Waals surface area contributed by atoms with Crippen LogP contribution in [0.3, 0.4) is 0 Å². The van der Waals surface area contributed by atoms with Crippen LogP contribution in [0.2, 0.25) is 0 Å². The third kappa shape index (κ3) is 5.41. The van der Waals surface area contributed by atoms with Gasteiger partial charge in [-0.05, 0) is 55.0 Å². The van der Waals surface area contributed by atoms with Crippen LogP contribution in [0.15, 0.2) is 67.1 Å². The Morgan fingerprint density at radius 1 is 1.03 bits per heavy atom. The Hall–Kier alpha value is -4.54. The Morgan fingerprint density at radius 2 is 1.82 bits per heavy atom. The molecule has 11 heteroatoms.